The highest BCUT2D eigenvalue weighted by Crippen LogP contribution is 2.55. The number of rotatable bonds is 1. The molecular weight excluding hydrogens is 308 g/mol. The van der Waals surface area contributed by atoms with E-state index in [0.29, 0.717) is 18.1 Å². The van der Waals surface area contributed by atoms with Crippen molar-refractivity contribution in [3.63, 3.8) is 0 Å². The molecule has 3 heteroatoms. The average molecular weight is 336 g/mol. The lowest BCUT2D eigenvalue weighted by molar-refractivity contribution is 0.0874. The Morgan fingerprint density at radius 3 is 2.64 bits per heavy atom. The van der Waals surface area contributed by atoms with E-state index in [4.69, 9.17) is 0 Å². The smallest absolute Gasteiger partial charge is 0.319 e. The maximum absolute atomic E-state index is 13.3. The number of nitrogens with zero attached hydrogens (tertiary/aromatic N) is 2. The van der Waals surface area contributed by atoms with Gasteiger partial charge >= 0.3 is 6.03 Å². The zero-order valence-electron chi connectivity index (χ0n) is 14.9. The molecule has 4 fully saturated rings. The first-order chi connectivity index (χ1) is 12.3. The summed E-state index contributed by atoms with van der Waals surface area (Å²) in [4.78, 5) is 17.9. The van der Waals surface area contributed by atoms with Crippen molar-refractivity contribution in [2.45, 2.75) is 57.0 Å². The van der Waals surface area contributed by atoms with E-state index >= 15 is 0 Å². The molecule has 6 rings (SSSR count). The van der Waals surface area contributed by atoms with Crippen LogP contribution in [0, 0.1) is 23.7 Å². The van der Waals surface area contributed by atoms with E-state index in [1.165, 1.54) is 49.7 Å². The molecule has 2 amide bonds. The molecule has 1 saturated heterocycles. The molecule has 2 heterocycles. The maximum Gasteiger partial charge on any atom is 0.320 e. The van der Waals surface area contributed by atoms with Gasteiger partial charge in [-0.3, -0.25) is 0 Å². The molecule has 6 unspecified atom stereocenters. The van der Waals surface area contributed by atoms with Gasteiger partial charge in [0.05, 0.1) is 6.04 Å². The third-order valence-corrected chi connectivity index (χ3v) is 8.23. The molecule has 3 nitrogen and oxygen atoms in total. The lowest BCUT2D eigenvalue weighted by atomic mass is 9.75. The predicted molar refractivity (Wildman–Crippen MR) is 97.1 cm³/mol. The zero-order valence-corrected chi connectivity index (χ0v) is 14.9. The quantitative estimate of drug-likeness (QED) is 0.752. The molecule has 5 aliphatic rings. The van der Waals surface area contributed by atoms with Gasteiger partial charge in [-0.15, -0.1) is 0 Å². The summed E-state index contributed by atoms with van der Waals surface area (Å²) in [5.41, 5.74) is 2.87. The molecule has 0 spiro atoms. The molecule has 0 radical (unpaired) electrons. The standard InChI is InChI=1S/C22H28N2O/c25-22-23-9-8-14-4-1-2-7-19(14)20(23)13-24(22)21-16-6-3-5-15-10-18(21)12-17(15)11-16/h1-2,4,7,15-18,20-21H,3,5-6,8-13H2. The van der Waals surface area contributed by atoms with E-state index in [-0.39, 0.29) is 0 Å². The summed E-state index contributed by atoms with van der Waals surface area (Å²) in [6.45, 7) is 1.84. The van der Waals surface area contributed by atoms with E-state index < -0.39 is 0 Å². The lowest BCUT2D eigenvalue weighted by Gasteiger charge is -2.41. The number of fused-ring (bicyclic) bond motifs is 5. The fourth-order valence-corrected chi connectivity index (χ4v) is 7.29. The van der Waals surface area contributed by atoms with Crippen LogP contribution in [0.2, 0.25) is 0 Å². The van der Waals surface area contributed by atoms with E-state index in [9.17, 15) is 4.79 Å². The number of urea groups is 1. The highest BCUT2D eigenvalue weighted by atomic mass is 16.2. The van der Waals surface area contributed by atoms with Gasteiger partial charge < -0.3 is 9.80 Å². The SMILES string of the molecule is O=C1N2CCc3ccccc3C2CN1C1C2CCCC3CC1CC3C2. The van der Waals surface area contributed by atoms with E-state index in [1.807, 2.05) is 0 Å². The van der Waals surface area contributed by atoms with Crippen molar-refractivity contribution in [2.75, 3.05) is 13.1 Å². The number of carbonyl (C=O) groups excluding carboxylic acids is 1. The lowest BCUT2D eigenvalue weighted by Crippen LogP contribution is -2.49. The summed E-state index contributed by atoms with van der Waals surface area (Å²) in [6.07, 6.45) is 9.44. The van der Waals surface area contributed by atoms with Crippen molar-refractivity contribution in [3.8, 4) is 0 Å². The van der Waals surface area contributed by atoms with Gasteiger partial charge in [-0.25, -0.2) is 4.79 Å². The molecule has 0 N–H and O–H groups in total. The molecule has 2 aliphatic heterocycles. The topological polar surface area (TPSA) is 23.6 Å². The predicted octanol–water partition coefficient (Wildman–Crippen LogP) is 4.24. The van der Waals surface area contributed by atoms with Crippen LogP contribution in [-0.2, 0) is 6.42 Å². The highest BCUT2D eigenvalue weighted by Gasteiger charge is 2.53. The van der Waals surface area contributed by atoms with Crippen molar-refractivity contribution in [2.24, 2.45) is 23.7 Å². The van der Waals surface area contributed by atoms with Crippen LogP contribution in [0.1, 0.15) is 55.7 Å². The van der Waals surface area contributed by atoms with Crippen molar-refractivity contribution < 1.29 is 4.79 Å². The summed E-state index contributed by atoms with van der Waals surface area (Å²) < 4.78 is 0. The number of benzene rings is 1. The van der Waals surface area contributed by atoms with Gasteiger partial charge in [-0.1, -0.05) is 37.1 Å². The van der Waals surface area contributed by atoms with Crippen LogP contribution in [0.25, 0.3) is 0 Å². The number of carbonyl (C=O) groups is 1. The summed E-state index contributed by atoms with van der Waals surface area (Å²) >= 11 is 0. The second-order valence-corrected chi connectivity index (χ2v) is 9.26. The molecule has 3 aliphatic carbocycles. The minimum atomic E-state index is 0.302. The Hall–Kier alpha value is -1.51. The maximum atomic E-state index is 13.3. The van der Waals surface area contributed by atoms with Crippen LogP contribution in [0.4, 0.5) is 4.79 Å². The van der Waals surface area contributed by atoms with Gasteiger partial charge in [-0.2, -0.15) is 0 Å². The molecule has 132 valence electrons. The van der Waals surface area contributed by atoms with E-state index in [1.54, 1.807) is 0 Å². The third kappa shape index (κ3) is 2.01. The molecule has 1 aromatic carbocycles. The van der Waals surface area contributed by atoms with Crippen molar-refractivity contribution in [1.82, 2.24) is 9.80 Å². The fourth-order valence-electron chi connectivity index (χ4n) is 7.29. The van der Waals surface area contributed by atoms with Crippen LogP contribution in [-0.4, -0.2) is 35.0 Å². The molecule has 0 aromatic heterocycles. The summed E-state index contributed by atoms with van der Waals surface area (Å²) in [7, 11) is 0. The van der Waals surface area contributed by atoms with Gasteiger partial charge in [0.15, 0.2) is 0 Å². The Morgan fingerprint density at radius 2 is 1.68 bits per heavy atom. The van der Waals surface area contributed by atoms with Gasteiger partial charge in [0.25, 0.3) is 0 Å². The van der Waals surface area contributed by atoms with Gasteiger partial charge in [-0.05, 0) is 66.9 Å². The zero-order chi connectivity index (χ0) is 16.5. The van der Waals surface area contributed by atoms with Crippen molar-refractivity contribution in [3.05, 3.63) is 35.4 Å². The fraction of sp³-hybridized carbons (Fsp3) is 0.682. The second-order valence-electron chi connectivity index (χ2n) is 9.26. The van der Waals surface area contributed by atoms with Crippen LogP contribution >= 0.6 is 0 Å². The number of hydrogen-bond acceptors (Lipinski definition) is 1. The van der Waals surface area contributed by atoms with E-state index in [2.05, 4.69) is 34.1 Å². The highest BCUT2D eigenvalue weighted by molar-refractivity contribution is 5.78. The summed E-state index contributed by atoms with van der Waals surface area (Å²) in [5, 5.41) is 0. The Labute approximate surface area is 150 Å². The van der Waals surface area contributed by atoms with E-state index in [0.717, 1.165) is 43.2 Å². The monoisotopic (exact) mass is 336 g/mol. The Morgan fingerprint density at radius 1 is 0.880 bits per heavy atom. The van der Waals surface area contributed by atoms with Crippen molar-refractivity contribution >= 4 is 6.03 Å². The van der Waals surface area contributed by atoms with Crippen LogP contribution in [0.3, 0.4) is 0 Å². The molecule has 25 heavy (non-hydrogen) atoms. The average Bonchev–Trinajstić information content (AvgIpc) is 3.08. The molecular formula is C22H28N2O. The molecule has 1 aromatic rings. The number of hydrogen-bond donors (Lipinski definition) is 0. The van der Waals surface area contributed by atoms with Crippen LogP contribution < -0.4 is 0 Å². The largest absolute Gasteiger partial charge is 0.320 e. The Bertz CT molecular complexity index is 716. The Kier molecular flexibility index (Phi) is 3.07. The van der Waals surface area contributed by atoms with Gasteiger partial charge in [0.2, 0.25) is 0 Å². The second kappa shape index (κ2) is 5.25. The first-order valence-electron chi connectivity index (χ1n) is 10.4. The summed E-state index contributed by atoms with van der Waals surface area (Å²) in [6, 6.07) is 9.98. The van der Waals surface area contributed by atoms with Crippen molar-refractivity contribution in [1.29, 1.82) is 0 Å². The number of amides is 2. The molecule has 3 saturated carbocycles. The Balaban J connectivity index is 1.34. The summed E-state index contributed by atoms with van der Waals surface area (Å²) in [5.74, 6) is 3.52. The third-order valence-electron chi connectivity index (χ3n) is 8.23. The van der Waals surface area contributed by atoms with Gasteiger partial charge in [0.1, 0.15) is 0 Å². The first-order valence-corrected chi connectivity index (χ1v) is 10.4. The first kappa shape index (κ1) is 14.6. The minimum absolute atomic E-state index is 0.302. The van der Waals surface area contributed by atoms with Gasteiger partial charge in [0, 0.05) is 19.1 Å². The van der Waals surface area contributed by atoms with Crippen LogP contribution in [0.5, 0.6) is 0 Å². The van der Waals surface area contributed by atoms with Crippen LogP contribution in [0.15, 0.2) is 24.3 Å². The molecule has 3 bridgehead atoms. The molecule has 6 atom stereocenters. The minimum Gasteiger partial charge on any atom is -0.319 e. The normalized spacial score (nSPS) is 41.7.